The van der Waals surface area contributed by atoms with E-state index in [2.05, 4.69) is 0 Å². The van der Waals surface area contributed by atoms with Gasteiger partial charge in [0.2, 0.25) is 0 Å². The molecule has 0 saturated carbocycles. The molecule has 0 aliphatic heterocycles. The van der Waals surface area contributed by atoms with Gasteiger partial charge in [0.05, 0.1) is 17.2 Å². The third-order valence-corrected chi connectivity index (χ3v) is 8.89. The average molecular weight is 492 g/mol. The normalized spacial score (nSPS) is 14.0. The Hall–Kier alpha value is -1.12. The Morgan fingerprint density at radius 3 is 2.20 bits per heavy atom. The van der Waals surface area contributed by atoms with Crippen LogP contribution in [-0.2, 0) is 27.4 Å². The van der Waals surface area contributed by atoms with Crippen molar-refractivity contribution >= 4 is 49.7 Å². The van der Waals surface area contributed by atoms with Gasteiger partial charge in [0.15, 0.2) is 0 Å². The van der Waals surface area contributed by atoms with Gasteiger partial charge in [-0.15, -0.1) is 0 Å². The van der Waals surface area contributed by atoms with Crippen LogP contribution in [-0.4, -0.2) is 34.8 Å². The molecule has 0 aliphatic carbocycles. The number of benzene rings is 2. The maximum atomic E-state index is 13.6. The largest absolute Gasteiger partial charge is 0.392 e. The lowest BCUT2D eigenvalue weighted by molar-refractivity contribution is 0.282. The average Bonchev–Trinajstić information content (AvgIpc) is 2.68. The summed E-state index contributed by atoms with van der Waals surface area (Å²) in [6.07, 6.45) is 1.11. The molecule has 0 amide bonds. The van der Waals surface area contributed by atoms with Crippen LogP contribution >= 0.6 is 23.2 Å². The summed E-state index contributed by atoms with van der Waals surface area (Å²) >= 11 is 12.1. The monoisotopic (exact) mass is 491 g/mol. The highest BCUT2D eigenvalue weighted by molar-refractivity contribution is 7.92. The van der Waals surface area contributed by atoms with Crippen molar-refractivity contribution in [2.45, 2.75) is 56.4 Å². The Labute approximate surface area is 191 Å². The molecular formula is C21H27Cl2NO4S2. The molecule has 1 N–H and O–H groups in total. The fourth-order valence-electron chi connectivity index (χ4n) is 3.07. The first-order valence-electron chi connectivity index (χ1n) is 9.64. The summed E-state index contributed by atoms with van der Waals surface area (Å²) in [5.41, 5.74) is 0.784. The molecule has 0 bridgehead atoms. The van der Waals surface area contributed by atoms with Crippen LogP contribution in [0.25, 0.3) is 0 Å². The molecule has 0 fully saturated rings. The van der Waals surface area contributed by atoms with Gasteiger partial charge in [-0.2, -0.15) is 0 Å². The van der Waals surface area contributed by atoms with E-state index in [-0.39, 0.29) is 16.8 Å². The molecule has 0 heterocycles. The van der Waals surface area contributed by atoms with E-state index in [1.165, 1.54) is 28.6 Å². The molecule has 30 heavy (non-hydrogen) atoms. The van der Waals surface area contributed by atoms with E-state index in [0.29, 0.717) is 39.9 Å². The quantitative estimate of drug-likeness (QED) is 0.506. The van der Waals surface area contributed by atoms with Gasteiger partial charge in [0.1, 0.15) is 0 Å². The van der Waals surface area contributed by atoms with Crippen LogP contribution in [0.3, 0.4) is 0 Å². The summed E-state index contributed by atoms with van der Waals surface area (Å²) in [5.74, 6) is 0.499. The number of rotatable bonds is 10. The second kappa shape index (κ2) is 11.0. The minimum Gasteiger partial charge on any atom is -0.392 e. The van der Waals surface area contributed by atoms with Gasteiger partial charge in [-0.05, 0) is 56.2 Å². The fraction of sp³-hybridized carbons (Fsp3) is 0.429. The van der Waals surface area contributed by atoms with E-state index in [1.54, 1.807) is 25.1 Å². The zero-order valence-corrected chi connectivity index (χ0v) is 20.4. The number of aliphatic hydroxyl groups is 1. The van der Waals surface area contributed by atoms with E-state index < -0.39 is 26.9 Å². The van der Waals surface area contributed by atoms with Crippen LogP contribution in [0.4, 0.5) is 5.69 Å². The van der Waals surface area contributed by atoms with Crippen LogP contribution in [0.5, 0.6) is 0 Å². The molecule has 2 aromatic carbocycles. The second-order valence-electron chi connectivity index (χ2n) is 7.31. The third kappa shape index (κ3) is 6.20. The molecule has 5 nitrogen and oxygen atoms in total. The number of aliphatic hydroxyl groups excluding tert-OH is 1. The summed E-state index contributed by atoms with van der Waals surface area (Å²) in [4.78, 5) is 0.0911. The SMILES string of the molecule is CC(C)S(=O)CCC[C@@H](C)N(c1cc(Cl)ccc1CO)S(=O)(=O)c1ccc(Cl)cc1. The first kappa shape index (κ1) is 25.1. The molecule has 166 valence electrons. The first-order chi connectivity index (χ1) is 14.1. The van der Waals surface area contributed by atoms with Gasteiger partial charge in [0, 0.05) is 43.5 Å². The summed E-state index contributed by atoms with van der Waals surface area (Å²) < 4.78 is 40.5. The van der Waals surface area contributed by atoms with Gasteiger partial charge >= 0.3 is 0 Å². The molecule has 0 radical (unpaired) electrons. The third-order valence-electron chi connectivity index (χ3n) is 4.72. The molecule has 0 spiro atoms. The van der Waals surface area contributed by atoms with Gasteiger partial charge in [-0.3, -0.25) is 8.51 Å². The lowest BCUT2D eigenvalue weighted by Crippen LogP contribution is -2.39. The Kier molecular flexibility index (Phi) is 9.18. The van der Waals surface area contributed by atoms with E-state index in [0.717, 1.165) is 0 Å². The van der Waals surface area contributed by atoms with Crippen molar-refractivity contribution in [2.24, 2.45) is 0 Å². The number of hydrogen-bond acceptors (Lipinski definition) is 4. The lowest BCUT2D eigenvalue weighted by atomic mass is 10.1. The maximum Gasteiger partial charge on any atom is 0.264 e. The fourth-order valence-corrected chi connectivity index (χ4v) is 6.00. The number of anilines is 1. The minimum atomic E-state index is -3.96. The summed E-state index contributed by atoms with van der Waals surface area (Å²) in [6.45, 7) is 5.27. The molecule has 0 saturated heterocycles. The number of halogens is 2. The van der Waals surface area contributed by atoms with E-state index in [4.69, 9.17) is 23.2 Å². The highest BCUT2D eigenvalue weighted by Crippen LogP contribution is 2.33. The number of sulfonamides is 1. The van der Waals surface area contributed by atoms with Crippen LogP contribution in [0, 0.1) is 0 Å². The lowest BCUT2D eigenvalue weighted by Gasteiger charge is -2.32. The minimum absolute atomic E-state index is 0.0585. The van der Waals surface area contributed by atoms with Crippen molar-refractivity contribution in [2.75, 3.05) is 10.1 Å². The Morgan fingerprint density at radius 2 is 1.63 bits per heavy atom. The molecule has 2 rings (SSSR count). The zero-order valence-electron chi connectivity index (χ0n) is 17.2. The smallest absolute Gasteiger partial charge is 0.264 e. The van der Waals surface area contributed by atoms with Crippen molar-refractivity contribution in [1.82, 2.24) is 0 Å². The van der Waals surface area contributed by atoms with Crippen molar-refractivity contribution in [3.8, 4) is 0 Å². The van der Waals surface area contributed by atoms with Gasteiger partial charge in [0.25, 0.3) is 10.0 Å². The first-order valence-corrected chi connectivity index (χ1v) is 13.2. The molecular weight excluding hydrogens is 465 g/mol. The predicted octanol–water partition coefficient (Wildman–Crippen LogP) is 5.01. The van der Waals surface area contributed by atoms with Crippen LogP contribution < -0.4 is 4.31 Å². The Morgan fingerprint density at radius 1 is 1.03 bits per heavy atom. The Balaban J connectivity index is 2.46. The van der Waals surface area contributed by atoms with Crippen LogP contribution in [0.2, 0.25) is 10.0 Å². The summed E-state index contributed by atoms with van der Waals surface area (Å²) in [6, 6.07) is 10.3. The van der Waals surface area contributed by atoms with Gasteiger partial charge in [-0.1, -0.05) is 43.1 Å². The molecule has 9 heteroatoms. The molecule has 1 unspecified atom stereocenters. The van der Waals surface area contributed by atoms with Crippen molar-refractivity contribution in [3.63, 3.8) is 0 Å². The highest BCUT2D eigenvalue weighted by atomic mass is 35.5. The maximum absolute atomic E-state index is 13.6. The second-order valence-corrected chi connectivity index (χ2v) is 12.1. The van der Waals surface area contributed by atoms with Crippen LogP contribution in [0.1, 0.15) is 39.2 Å². The predicted molar refractivity (Wildman–Crippen MR) is 125 cm³/mol. The van der Waals surface area contributed by atoms with Crippen molar-refractivity contribution in [3.05, 3.63) is 58.1 Å². The standard InChI is InChI=1S/C21H27Cl2NO4S2/c1-15(2)29(26)12-4-5-16(3)24(21-13-19(23)7-6-17(21)14-25)30(27,28)20-10-8-18(22)9-11-20/h6-11,13,15-16,25H,4-5,12,14H2,1-3H3/t16-,29?/m1/s1. The topological polar surface area (TPSA) is 74.7 Å². The number of hydrogen-bond donors (Lipinski definition) is 1. The van der Waals surface area contributed by atoms with E-state index in [1.807, 2.05) is 13.8 Å². The van der Waals surface area contributed by atoms with Crippen LogP contribution in [0.15, 0.2) is 47.4 Å². The zero-order chi connectivity index (χ0) is 22.5. The molecule has 2 atom stereocenters. The van der Waals surface area contributed by atoms with Gasteiger partial charge < -0.3 is 5.11 Å². The molecule has 0 aliphatic rings. The highest BCUT2D eigenvalue weighted by Gasteiger charge is 2.31. The number of nitrogens with zero attached hydrogens (tertiary/aromatic N) is 1. The van der Waals surface area contributed by atoms with Crippen molar-refractivity contribution < 1.29 is 17.7 Å². The van der Waals surface area contributed by atoms with Crippen molar-refractivity contribution in [1.29, 1.82) is 0 Å². The van der Waals surface area contributed by atoms with Gasteiger partial charge in [-0.25, -0.2) is 8.42 Å². The summed E-state index contributed by atoms with van der Waals surface area (Å²) in [7, 11) is -4.92. The Bertz CT molecular complexity index is 979. The summed E-state index contributed by atoms with van der Waals surface area (Å²) in [5, 5.41) is 10.7. The molecule has 2 aromatic rings. The van der Waals surface area contributed by atoms with E-state index >= 15 is 0 Å². The van der Waals surface area contributed by atoms with E-state index in [9.17, 15) is 17.7 Å². The molecule has 0 aromatic heterocycles.